The van der Waals surface area contributed by atoms with Crippen molar-refractivity contribution in [1.82, 2.24) is 10.3 Å². The summed E-state index contributed by atoms with van der Waals surface area (Å²) < 4.78 is 18.5. The topological polar surface area (TPSA) is 67.6 Å². The van der Waals surface area contributed by atoms with E-state index in [0.29, 0.717) is 13.0 Å². The van der Waals surface area contributed by atoms with Crippen molar-refractivity contribution in [3.63, 3.8) is 0 Å². The average molecular weight is 297 g/mol. The van der Waals surface area contributed by atoms with Crippen LogP contribution >= 0.6 is 0 Å². The van der Waals surface area contributed by atoms with Crippen LogP contribution in [-0.2, 0) is 11.3 Å². The molecule has 118 valence electrons. The van der Waals surface area contributed by atoms with Crippen molar-refractivity contribution in [3.05, 3.63) is 29.6 Å². The Kier molecular flexibility index (Phi) is 7.71. The largest absolute Gasteiger partial charge is 0.494 e. The molecular formula is C15H24FN3O2. The Morgan fingerprint density at radius 1 is 1.38 bits per heavy atom. The fourth-order valence-electron chi connectivity index (χ4n) is 2.12. The monoisotopic (exact) mass is 297 g/mol. The Morgan fingerprint density at radius 3 is 2.76 bits per heavy atom. The number of nitrogens with one attached hydrogen (secondary N) is 1. The molecule has 1 rings (SSSR count). The number of hydrogen-bond donors (Lipinski definition) is 2. The number of carbonyl (C=O) groups excluding carboxylic acids is 1. The van der Waals surface area contributed by atoms with Gasteiger partial charge < -0.3 is 9.64 Å². The molecule has 0 fully saturated rings. The second-order valence-electron chi connectivity index (χ2n) is 5.08. The van der Waals surface area contributed by atoms with Crippen LogP contribution in [0.15, 0.2) is 18.2 Å². The van der Waals surface area contributed by atoms with Gasteiger partial charge in [0, 0.05) is 13.0 Å². The number of hydrogen-bond acceptors (Lipinski definition) is 4. The Labute approximate surface area is 125 Å². The minimum atomic E-state index is -0.337. The van der Waals surface area contributed by atoms with Gasteiger partial charge in [0.2, 0.25) is 5.91 Å². The number of ether oxygens (including phenoxy) is 1. The van der Waals surface area contributed by atoms with Crippen LogP contribution in [0, 0.1) is 5.82 Å². The molecule has 0 aliphatic carbocycles. The molecule has 0 spiro atoms. The number of halogens is 1. The highest BCUT2D eigenvalue weighted by atomic mass is 19.1. The quantitative estimate of drug-likeness (QED) is 0.316. The third-order valence-corrected chi connectivity index (χ3v) is 3.27. The first-order chi connectivity index (χ1) is 10.1. The zero-order chi connectivity index (χ0) is 15.7. The molecule has 0 atom stereocenters. The zero-order valence-electron chi connectivity index (χ0n) is 12.7. The molecule has 0 heterocycles. The number of rotatable bonds is 9. The van der Waals surface area contributed by atoms with E-state index in [-0.39, 0.29) is 17.5 Å². The van der Waals surface area contributed by atoms with Gasteiger partial charge in [0.15, 0.2) is 11.6 Å². The predicted molar refractivity (Wildman–Crippen MR) is 80.1 cm³/mol. The maximum Gasteiger partial charge on any atom is 0.233 e. The molecule has 21 heavy (non-hydrogen) atoms. The van der Waals surface area contributed by atoms with Gasteiger partial charge in [-0.2, -0.15) is 0 Å². The van der Waals surface area contributed by atoms with Gasteiger partial charge in [0.1, 0.15) is 0 Å². The van der Waals surface area contributed by atoms with Crippen molar-refractivity contribution in [2.75, 3.05) is 20.7 Å². The minimum absolute atomic E-state index is 0.128. The standard InChI is InChI=1S/C15H24FN3O2/c1-19(9-5-3-4-6-15(20)18-17)11-12-7-8-14(21-2)13(16)10-12/h7-8,10H,3-6,9,11,17H2,1-2H3,(H,18,20). The summed E-state index contributed by atoms with van der Waals surface area (Å²) in [5, 5.41) is 0. The molecule has 0 bridgehead atoms. The zero-order valence-corrected chi connectivity index (χ0v) is 12.7. The Balaban J connectivity index is 2.26. The van der Waals surface area contributed by atoms with Crippen molar-refractivity contribution < 1.29 is 13.9 Å². The molecule has 1 amide bonds. The molecule has 1 aromatic carbocycles. The third kappa shape index (κ3) is 6.55. The van der Waals surface area contributed by atoms with Crippen LogP contribution in [0.2, 0.25) is 0 Å². The van der Waals surface area contributed by atoms with Gasteiger partial charge in [-0.3, -0.25) is 10.2 Å². The first-order valence-corrected chi connectivity index (χ1v) is 7.07. The Bertz CT molecular complexity index is 455. The van der Waals surface area contributed by atoms with E-state index >= 15 is 0 Å². The number of hydrazine groups is 1. The van der Waals surface area contributed by atoms with Crippen molar-refractivity contribution in [1.29, 1.82) is 0 Å². The number of methoxy groups -OCH3 is 1. The van der Waals surface area contributed by atoms with Crippen LogP contribution in [0.4, 0.5) is 4.39 Å². The first kappa shape index (κ1) is 17.4. The molecule has 3 N–H and O–H groups in total. The van der Waals surface area contributed by atoms with Crippen LogP contribution in [0.1, 0.15) is 31.2 Å². The van der Waals surface area contributed by atoms with Gasteiger partial charge in [0.05, 0.1) is 7.11 Å². The van der Waals surface area contributed by atoms with E-state index in [2.05, 4.69) is 10.3 Å². The summed E-state index contributed by atoms with van der Waals surface area (Å²) in [6, 6.07) is 5.01. The van der Waals surface area contributed by atoms with Gasteiger partial charge >= 0.3 is 0 Å². The van der Waals surface area contributed by atoms with Crippen LogP contribution in [0.3, 0.4) is 0 Å². The van der Waals surface area contributed by atoms with Crippen molar-refractivity contribution in [2.45, 2.75) is 32.2 Å². The highest BCUT2D eigenvalue weighted by Crippen LogP contribution is 2.18. The number of nitrogens with zero attached hydrogens (tertiary/aromatic N) is 1. The second-order valence-corrected chi connectivity index (χ2v) is 5.08. The van der Waals surface area contributed by atoms with Gasteiger partial charge in [-0.25, -0.2) is 10.2 Å². The second kappa shape index (κ2) is 9.31. The highest BCUT2D eigenvalue weighted by molar-refractivity contribution is 5.75. The summed E-state index contributed by atoms with van der Waals surface area (Å²) in [5.41, 5.74) is 3.03. The fourth-order valence-corrected chi connectivity index (χ4v) is 2.12. The van der Waals surface area contributed by atoms with Crippen molar-refractivity contribution in [2.24, 2.45) is 5.84 Å². The van der Waals surface area contributed by atoms with Gasteiger partial charge in [0.25, 0.3) is 0 Å². The summed E-state index contributed by atoms with van der Waals surface area (Å²) in [6.45, 7) is 1.59. The number of benzene rings is 1. The molecule has 1 aromatic rings. The van der Waals surface area contributed by atoms with E-state index < -0.39 is 0 Å². The van der Waals surface area contributed by atoms with E-state index in [4.69, 9.17) is 10.6 Å². The molecule has 0 aliphatic heterocycles. The summed E-state index contributed by atoms with van der Waals surface area (Å²) >= 11 is 0. The third-order valence-electron chi connectivity index (χ3n) is 3.27. The lowest BCUT2D eigenvalue weighted by Crippen LogP contribution is -2.29. The fraction of sp³-hybridized carbons (Fsp3) is 0.533. The molecule has 5 nitrogen and oxygen atoms in total. The molecule has 0 aliphatic rings. The predicted octanol–water partition coefficient (Wildman–Crippen LogP) is 1.82. The van der Waals surface area contributed by atoms with E-state index in [9.17, 15) is 9.18 Å². The number of amides is 1. The molecular weight excluding hydrogens is 273 g/mol. The first-order valence-electron chi connectivity index (χ1n) is 7.07. The lowest BCUT2D eigenvalue weighted by atomic mass is 10.1. The number of carbonyl (C=O) groups is 1. The van der Waals surface area contributed by atoms with Crippen LogP contribution in [0.25, 0.3) is 0 Å². The Hall–Kier alpha value is -1.66. The van der Waals surface area contributed by atoms with E-state index in [1.54, 1.807) is 6.07 Å². The van der Waals surface area contributed by atoms with Gasteiger partial charge in [-0.1, -0.05) is 12.5 Å². The maximum absolute atomic E-state index is 13.6. The summed E-state index contributed by atoms with van der Waals surface area (Å²) in [4.78, 5) is 13.1. The van der Waals surface area contributed by atoms with Gasteiger partial charge in [-0.05, 0) is 44.1 Å². The molecule has 0 radical (unpaired) electrons. The molecule has 0 saturated heterocycles. The lowest BCUT2D eigenvalue weighted by molar-refractivity contribution is -0.121. The highest BCUT2D eigenvalue weighted by Gasteiger charge is 2.06. The average Bonchev–Trinajstić information content (AvgIpc) is 2.46. The lowest BCUT2D eigenvalue weighted by Gasteiger charge is -2.17. The molecule has 0 aromatic heterocycles. The van der Waals surface area contributed by atoms with Crippen LogP contribution < -0.4 is 16.0 Å². The van der Waals surface area contributed by atoms with E-state index in [0.717, 1.165) is 31.4 Å². The molecule has 0 saturated carbocycles. The van der Waals surface area contributed by atoms with Crippen molar-refractivity contribution in [3.8, 4) is 5.75 Å². The Morgan fingerprint density at radius 2 is 2.14 bits per heavy atom. The molecule has 6 heteroatoms. The van der Waals surface area contributed by atoms with Crippen molar-refractivity contribution >= 4 is 5.91 Å². The van der Waals surface area contributed by atoms with Crippen LogP contribution in [0.5, 0.6) is 5.75 Å². The summed E-state index contributed by atoms with van der Waals surface area (Å²) in [5.74, 6) is 4.81. The normalized spacial score (nSPS) is 10.7. The van der Waals surface area contributed by atoms with Gasteiger partial charge in [-0.15, -0.1) is 0 Å². The smallest absolute Gasteiger partial charge is 0.233 e. The summed E-state index contributed by atoms with van der Waals surface area (Å²) in [7, 11) is 3.45. The minimum Gasteiger partial charge on any atom is -0.494 e. The van der Waals surface area contributed by atoms with E-state index in [1.807, 2.05) is 13.1 Å². The van der Waals surface area contributed by atoms with E-state index in [1.165, 1.54) is 13.2 Å². The maximum atomic E-state index is 13.6. The SMILES string of the molecule is COc1ccc(CN(C)CCCCCC(=O)NN)cc1F. The summed E-state index contributed by atoms with van der Waals surface area (Å²) in [6.07, 6.45) is 3.25. The van der Waals surface area contributed by atoms with Crippen LogP contribution in [-0.4, -0.2) is 31.5 Å². The number of unbranched alkanes of at least 4 members (excludes halogenated alkanes) is 2. The number of nitrogens with two attached hydrogens (primary N) is 1. The molecule has 0 unspecified atom stereocenters.